The monoisotopic (exact) mass is 421 g/mol. The molecule has 0 spiro atoms. The summed E-state index contributed by atoms with van der Waals surface area (Å²) >= 11 is 6.33. The van der Waals surface area contributed by atoms with Crippen molar-refractivity contribution in [2.24, 2.45) is 0 Å². The van der Waals surface area contributed by atoms with Crippen LogP contribution in [-0.4, -0.2) is 21.6 Å². The van der Waals surface area contributed by atoms with Crippen LogP contribution in [0.1, 0.15) is 50.6 Å². The third-order valence-electron chi connectivity index (χ3n) is 6.04. The first kappa shape index (κ1) is 19.2. The number of ether oxygens (including phenoxy) is 1. The summed E-state index contributed by atoms with van der Waals surface area (Å²) in [6.07, 6.45) is 5.31. The Bertz CT molecular complexity index is 1140. The quantitative estimate of drug-likeness (QED) is 0.538. The van der Waals surface area contributed by atoms with E-state index in [1.165, 1.54) is 6.42 Å². The molecule has 0 amide bonds. The number of para-hydroxylation sites is 2. The van der Waals surface area contributed by atoms with Crippen LogP contribution in [0.25, 0.3) is 11.0 Å². The highest BCUT2D eigenvalue weighted by Crippen LogP contribution is 2.40. The minimum Gasteiger partial charge on any atom is -0.459 e. The van der Waals surface area contributed by atoms with Gasteiger partial charge in [0.25, 0.3) is 0 Å². The van der Waals surface area contributed by atoms with Gasteiger partial charge in [0.2, 0.25) is 5.95 Å². The average Bonchev–Trinajstić information content (AvgIpc) is 3.11. The molecule has 1 saturated carbocycles. The highest BCUT2D eigenvalue weighted by atomic mass is 35.5. The minimum atomic E-state index is -0.358. The van der Waals surface area contributed by atoms with Crippen LogP contribution < -0.4 is 5.32 Å². The van der Waals surface area contributed by atoms with Gasteiger partial charge in [-0.1, -0.05) is 42.3 Å². The number of aromatic nitrogens is 2. The Labute approximate surface area is 180 Å². The second-order valence-electron chi connectivity index (χ2n) is 8.08. The average molecular weight is 422 g/mol. The molecular weight excluding hydrogens is 398 g/mol. The first-order valence-electron chi connectivity index (χ1n) is 10.5. The normalized spacial score (nSPS) is 19.5. The van der Waals surface area contributed by atoms with Crippen LogP contribution in [0.4, 0.5) is 5.95 Å². The minimum absolute atomic E-state index is 0.00695. The molecule has 2 aliphatic rings. The Morgan fingerprint density at radius 1 is 1.13 bits per heavy atom. The van der Waals surface area contributed by atoms with Gasteiger partial charge in [-0.15, -0.1) is 0 Å². The Morgan fingerprint density at radius 2 is 1.93 bits per heavy atom. The lowest BCUT2D eigenvalue weighted by molar-refractivity contribution is -0.146. The standard InChI is InChI=1S/C24H24ClN3O2/c1-15-21(23(29)30-18-10-3-2-4-11-18)22(16-8-7-9-17(25)14-16)28-20-13-6-5-12-19(20)27-24(28)26-15/h5-9,12-14,18,22H,2-4,10-11H2,1H3,(H,26,27)/t22-/m0/s1. The molecule has 1 aliphatic heterocycles. The molecule has 2 aromatic carbocycles. The maximum absolute atomic E-state index is 13.4. The molecule has 0 saturated heterocycles. The fraction of sp³-hybridized carbons (Fsp3) is 0.333. The van der Waals surface area contributed by atoms with Crippen LogP contribution in [-0.2, 0) is 9.53 Å². The van der Waals surface area contributed by atoms with E-state index in [-0.39, 0.29) is 18.1 Å². The molecule has 1 N–H and O–H groups in total. The second kappa shape index (κ2) is 7.80. The summed E-state index contributed by atoms with van der Waals surface area (Å²) in [5.41, 5.74) is 4.15. The number of benzene rings is 2. The number of hydrogen-bond acceptors (Lipinski definition) is 4. The molecular formula is C24H24ClN3O2. The number of carbonyl (C=O) groups is 1. The van der Waals surface area contributed by atoms with E-state index in [2.05, 4.69) is 9.88 Å². The summed E-state index contributed by atoms with van der Waals surface area (Å²) in [5.74, 6) is 0.452. The number of nitrogens with one attached hydrogen (secondary N) is 1. The molecule has 154 valence electrons. The van der Waals surface area contributed by atoms with Gasteiger partial charge < -0.3 is 10.1 Å². The lowest BCUT2D eigenvalue weighted by Crippen LogP contribution is -2.31. The molecule has 1 aliphatic carbocycles. The number of hydrogen-bond donors (Lipinski definition) is 1. The molecule has 5 nitrogen and oxygen atoms in total. The fourth-order valence-electron chi connectivity index (χ4n) is 4.62. The van der Waals surface area contributed by atoms with Gasteiger partial charge in [-0.05, 0) is 62.4 Å². The Hall–Kier alpha value is -2.79. The molecule has 1 fully saturated rings. The molecule has 0 unspecified atom stereocenters. The summed E-state index contributed by atoms with van der Waals surface area (Å²) < 4.78 is 8.06. The van der Waals surface area contributed by atoms with Gasteiger partial charge in [0.15, 0.2) is 0 Å². The lowest BCUT2D eigenvalue weighted by Gasteiger charge is -2.31. The van der Waals surface area contributed by atoms with Crippen LogP contribution in [0.2, 0.25) is 5.02 Å². The number of anilines is 1. The molecule has 3 aromatic rings. The molecule has 5 rings (SSSR count). The van der Waals surface area contributed by atoms with Gasteiger partial charge in [0.05, 0.1) is 22.6 Å². The molecule has 6 heteroatoms. The van der Waals surface area contributed by atoms with E-state index < -0.39 is 0 Å². The third kappa shape index (κ3) is 3.37. The van der Waals surface area contributed by atoms with Gasteiger partial charge in [-0.25, -0.2) is 9.78 Å². The maximum Gasteiger partial charge on any atom is 0.338 e. The first-order chi connectivity index (χ1) is 14.6. The second-order valence-corrected chi connectivity index (χ2v) is 8.52. The number of esters is 1. The zero-order valence-corrected chi connectivity index (χ0v) is 17.7. The molecule has 30 heavy (non-hydrogen) atoms. The molecule has 0 bridgehead atoms. The van der Waals surface area contributed by atoms with E-state index in [0.717, 1.165) is 48.0 Å². The van der Waals surface area contributed by atoms with Crippen molar-refractivity contribution in [3.63, 3.8) is 0 Å². The van der Waals surface area contributed by atoms with E-state index in [1.807, 2.05) is 55.5 Å². The predicted octanol–water partition coefficient (Wildman–Crippen LogP) is 5.85. The largest absolute Gasteiger partial charge is 0.459 e. The predicted molar refractivity (Wildman–Crippen MR) is 119 cm³/mol. The maximum atomic E-state index is 13.4. The lowest BCUT2D eigenvalue weighted by atomic mass is 9.94. The van der Waals surface area contributed by atoms with Gasteiger partial charge in [-0.2, -0.15) is 0 Å². The smallest absolute Gasteiger partial charge is 0.338 e. The van der Waals surface area contributed by atoms with Crippen LogP contribution in [0.3, 0.4) is 0 Å². The van der Waals surface area contributed by atoms with E-state index >= 15 is 0 Å². The van der Waals surface area contributed by atoms with Crippen molar-refractivity contribution in [2.45, 2.75) is 51.2 Å². The number of allylic oxidation sites excluding steroid dienone is 1. The zero-order chi connectivity index (χ0) is 20.7. The SMILES string of the molecule is CC1=C(C(=O)OC2CCCCC2)[C@H](c2cccc(Cl)c2)n2c(nc3ccccc32)N1. The van der Waals surface area contributed by atoms with Crippen LogP contribution in [0.15, 0.2) is 59.8 Å². The van der Waals surface area contributed by atoms with Gasteiger partial charge >= 0.3 is 5.97 Å². The summed E-state index contributed by atoms with van der Waals surface area (Å²) in [6.45, 7) is 1.91. The molecule has 2 heterocycles. The van der Waals surface area contributed by atoms with Crippen molar-refractivity contribution in [2.75, 3.05) is 5.32 Å². The van der Waals surface area contributed by atoms with Crippen LogP contribution in [0, 0.1) is 0 Å². The zero-order valence-electron chi connectivity index (χ0n) is 16.9. The Kier molecular flexibility index (Phi) is 4.99. The topological polar surface area (TPSA) is 56.2 Å². The van der Waals surface area contributed by atoms with Crippen molar-refractivity contribution in [3.8, 4) is 0 Å². The van der Waals surface area contributed by atoms with E-state index in [1.54, 1.807) is 0 Å². The Morgan fingerprint density at radius 3 is 2.73 bits per heavy atom. The van der Waals surface area contributed by atoms with Crippen molar-refractivity contribution in [3.05, 3.63) is 70.4 Å². The van der Waals surface area contributed by atoms with E-state index in [0.29, 0.717) is 16.5 Å². The highest BCUT2D eigenvalue weighted by Gasteiger charge is 2.36. The number of fused-ring (bicyclic) bond motifs is 3. The van der Waals surface area contributed by atoms with Gasteiger partial charge in [0.1, 0.15) is 6.10 Å². The highest BCUT2D eigenvalue weighted by molar-refractivity contribution is 6.30. The summed E-state index contributed by atoms with van der Waals surface area (Å²) in [4.78, 5) is 18.2. The summed E-state index contributed by atoms with van der Waals surface area (Å²) in [5, 5.41) is 3.96. The van der Waals surface area contributed by atoms with Crippen molar-refractivity contribution < 1.29 is 9.53 Å². The number of carbonyl (C=O) groups excluding carboxylic acids is 1. The first-order valence-corrected chi connectivity index (χ1v) is 10.9. The number of rotatable bonds is 3. The number of imidazole rings is 1. The van der Waals surface area contributed by atoms with Crippen LogP contribution >= 0.6 is 11.6 Å². The fourth-order valence-corrected chi connectivity index (χ4v) is 4.82. The van der Waals surface area contributed by atoms with E-state index in [4.69, 9.17) is 21.3 Å². The molecule has 0 radical (unpaired) electrons. The summed E-state index contributed by atoms with van der Waals surface area (Å²) in [7, 11) is 0. The van der Waals surface area contributed by atoms with Crippen molar-refractivity contribution in [1.29, 1.82) is 0 Å². The van der Waals surface area contributed by atoms with Crippen LogP contribution in [0.5, 0.6) is 0 Å². The Balaban J connectivity index is 1.63. The van der Waals surface area contributed by atoms with Crippen molar-refractivity contribution in [1.82, 2.24) is 9.55 Å². The van der Waals surface area contributed by atoms with Gasteiger partial charge in [-0.3, -0.25) is 4.57 Å². The number of nitrogens with zero attached hydrogens (tertiary/aromatic N) is 2. The third-order valence-corrected chi connectivity index (χ3v) is 6.28. The molecule has 1 aromatic heterocycles. The summed E-state index contributed by atoms with van der Waals surface area (Å²) in [6, 6.07) is 15.3. The van der Waals surface area contributed by atoms with Crippen molar-refractivity contribution >= 4 is 34.6 Å². The molecule has 1 atom stereocenters. The van der Waals surface area contributed by atoms with E-state index in [9.17, 15) is 4.79 Å². The van der Waals surface area contributed by atoms with Gasteiger partial charge in [0, 0.05) is 10.7 Å². The number of halogens is 1.